The summed E-state index contributed by atoms with van der Waals surface area (Å²) in [6.07, 6.45) is 0. The molecule has 3 heteroatoms. The molecule has 0 saturated carbocycles. The van der Waals surface area contributed by atoms with Crippen molar-refractivity contribution >= 4 is 31.6 Å². The monoisotopic (exact) mass is 566 g/mol. The lowest BCUT2D eigenvalue weighted by atomic mass is 9.97. The first-order valence-corrected chi connectivity index (χ1v) is 15.2. The summed E-state index contributed by atoms with van der Waals surface area (Å²) < 4.78 is 1.22. The number of rotatable bonds is 5. The second-order valence-corrected chi connectivity index (χ2v) is 11.7. The largest absolute Gasteiger partial charge is 0.227 e. The number of thiophene rings is 1. The fourth-order valence-corrected chi connectivity index (χ4v) is 6.83. The Balaban J connectivity index is 1.25. The third-order valence-electron chi connectivity index (χ3n) is 7.93. The van der Waals surface area contributed by atoms with E-state index >= 15 is 0 Å². The highest BCUT2D eigenvalue weighted by atomic mass is 32.1. The molecule has 8 aromatic rings. The van der Waals surface area contributed by atoms with E-state index in [4.69, 9.17) is 9.97 Å². The van der Waals surface area contributed by atoms with Gasteiger partial charge in [-0.2, -0.15) is 0 Å². The standard InChI is InChI=1S/C40H26N2S/c1-3-11-27(12-4-1)31-15-9-16-32(25-31)29-21-23-30(24-22-29)38-37-35-19-7-8-20-36(35)43-40(37)42-39(41-38)34-18-10-17-33(26-34)28-13-5-2-6-14-28/h1-26H. The van der Waals surface area contributed by atoms with Crippen molar-refractivity contribution in [3.8, 4) is 56.0 Å². The van der Waals surface area contributed by atoms with Gasteiger partial charge in [-0.1, -0.05) is 140 Å². The van der Waals surface area contributed by atoms with E-state index < -0.39 is 0 Å². The van der Waals surface area contributed by atoms with Crippen LogP contribution in [0.3, 0.4) is 0 Å². The Morgan fingerprint density at radius 1 is 0.372 bits per heavy atom. The molecule has 2 nitrogen and oxygen atoms in total. The Hall–Kier alpha value is -5.38. The van der Waals surface area contributed by atoms with Crippen molar-refractivity contribution < 1.29 is 0 Å². The molecule has 0 radical (unpaired) electrons. The molecule has 43 heavy (non-hydrogen) atoms. The highest BCUT2D eigenvalue weighted by Crippen LogP contribution is 2.40. The van der Waals surface area contributed by atoms with Gasteiger partial charge in [-0.15, -0.1) is 11.3 Å². The Kier molecular flexibility index (Phi) is 6.36. The molecule has 0 saturated heterocycles. The van der Waals surface area contributed by atoms with Gasteiger partial charge in [0, 0.05) is 26.6 Å². The molecule has 0 fully saturated rings. The van der Waals surface area contributed by atoms with Crippen LogP contribution in [0.5, 0.6) is 0 Å². The second-order valence-electron chi connectivity index (χ2n) is 10.6. The van der Waals surface area contributed by atoms with Gasteiger partial charge >= 0.3 is 0 Å². The zero-order valence-electron chi connectivity index (χ0n) is 23.3. The van der Waals surface area contributed by atoms with Crippen LogP contribution in [-0.4, -0.2) is 9.97 Å². The molecule has 0 aliphatic rings. The van der Waals surface area contributed by atoms with Gasteiger partial charge in [0.2, 0.25) is 0 Å². The van der Waals surface area contributed by atoms with Gasteiger partial charge in [0.1, 0.15) is 4.83 Å². The van der Waals surface area contributed by atoms with Crippen LogP contribution >= 0.6 is 11.3 Å². The topological polar surface area (TPSA) is 25.8 Å². The minimum atomic E-state index is 0.742. The zero-order valence-corrected chi connectivity index (χ0v) is 24.1. The van der Waals surface area contributed by atoms with Crippen LogP contribution < -0.4 is 0 Å². The summed E-state index contributed by atoms with van der Waals surface area (Å²) in [6, 6.07) is 55.6. The molecule has 0 bridgehead atoms. The van der Waals surface area contributed by atoms with E-state index in [1.165, 1.54) is 37.9 Å². The summed E-state index contributed by atoms with van der Waals surface area (Å²) in [5.41, 5.74) is 10.2. The lowest BCUT2D eigenvalue weighted by molar-refractivity contribution is 1.24. The molecule has 8 rings (SSSR count). The molecule has 6 aromatic carbocycles. The van der Waals surface area contributed by atoms with E-state index in [0.29, 0.717) is 0 Å². The van der Waals surface area contributed by atoms with E-state index in [-0.39, 0.29) is 0 Å². The fourth-order valence-electron chi connectivity index (χ4n) is 5.76. The van der Waals surface area contributed by atoms with Crippen molar-refractivity contribution in [2.45, 2.75) is 0 Å². The predicted molar refractivity (Wildman–Crippen MR) is 182 cm³/mol. The number of fused-ring (bicyclic) bond motifs is 3. The number of hydrogen-bond acceptors (Lipinski definition) is 3. The minimum Gasteiger partial charge on any atom is -0.227 e. The summed E-state index contributed by atoms with van der Waals surface area (Å²) in [7, 11) is 0. The Morgan fingerprint density at radius 2 is 0.860 bits per heavy atom. The lowest BCUT2D eigenvalue weighted by Gasteiger charge is -2.10. The second kappa shape index (κ2) is 10.8. The Bertz CT molecular complexity index is 2220. The maximum Gasteiger partial charge on any atom is 0.161 e. The molecule has 2 heterocycles. The Labute approximate surface area is 254 Å². The summed E-state index contributed by atoms with van der Waals surface area (Å²) in [5.74, 6) is 0.742. The fraction of sp³-hybridized carbons (Fsp3) is 0. The first kappa shape index (κ1) is 25.3. The Morgan fingerprint density at radius 3 is 1.51 bits per heavy atom. The smallest absolute Gasteiger partial charge is 0.161 e. The summed E-state index contributed by atoms with van der Waals surface area (Å²) in [4.78, 5) is 11.4. The SMILES string of the molecule is c1ccc(-c2cccc(-c3ccc(-c4nc(-c5cccc(-c6ccccc6)c5)nc5sc6ccccc6c45)cc3)c2)cc1. The van der Waals surface area contributed by atoms with Crippen molar-refractivity contribution in [2.75, 3.05) is 0 Å². The highest BCUT2D eigenvalue weighted by molar-refractivity contribution is 7.25. The molecule has 0 unspecified atom stereocenters. The van der Waals surface area contributed by atoms with Crippen LogP contribution in [0.25, 0.3) is 76.3 Å². The molecule has 0 spiro atoms. The van der Waals surface area contributed by atoms with Crippen LogP contribution in [0.4, 0.5) is 0 Å². The molecule has 0 aliphatic carbocycles. The van der Waals surface area contributed by atoms with Crippen LogP contribution in [0.2, 0.25) is 0 Å². The van der Waals surface area contributed by atoms with E-state index in [9.17, 15) is 0 Å². The van der Waals surface area contributed by atoms with Gasteiger partial charge in [0.05, 0.1) is 5.69 Å². The predicted octanol–water partition coefficient (Wildman–Crippen LogP) is 11.2. The van der Waals surface area contributed by atoms with E-state index in [1.54, 1.807) is 11.3 Å². The van der Waals surface area contributed by atoms with Crippen molar-refractivity contribution in [3.05, 3.63) is 158 Å². The van der Waals surface area contributed by atoms with Crippen LogP contribution in [0, 0.1) is 0 Å². The van der Waals surface area contributed by atoms with Gasteiger partial charge in [-0.05, 0) is 51.6 Å². The molecular weight excluding hydrogens is 541 g/mol. The molecule has 202 valence electrons. The minimum absolute atomic E-state index is 0.742. The van der Waals surface area contributed by atoms with Gasteiger partial charge in [0.15, 0.2) is 5.82 Å². The maximum absolute atomic E-state index is 5.25. The van der Waals surface area contributed by atoms with Crippen molar-refractivity contribution in [1.82, 2.24) is 9.97 Å². The van der Waals surface area contributed by atoms with Crippen molar-refractivity contribution in [1.29, 1.82) is 0 Å². The zero-order chi connectivity index (χ0) is 28.6. The van der Waals surface area contributed by atoms with Crippen molar-refractivity contribution in [2.24, 2.45) is 0 Å². The van der Waals surface area contributed by atoms with Crippen LogP contribution in [0.15, 0.2) is 158 Å². The van der Waals surface area contributed by atoms with Gasteiger partial charge in [-0.3, -0.25) is 0 Å². The van der Waals surface area contributed by atoms with E-state index in [0.717, 1.165) is 38.4 Å². The molecule has 0 aliphatic heterocycles. The van der Waals surface area contributed by atoms with E-state index in [1.807, 2.05) is 6.07 Å². The third kappa shape index (κ3) is 4.80. The third-order valence-corrected chi connectivity index (χ3v) is 8.99. The highest BCUT2D eigenvalue weighted by Gasteiger charge is 2.17. The van der Waals surface area contributed by atoms with E-state index in [2.05, 4.69) is 152 Å². The first-order chi connectivity index (χ1) is 21.3. The maximum atomic E-state index is 5.25. The summed E-state index contributed by atoms with van der Waals surface area (Å²) in [6.45, 7) is 0. The quantitative estimate of drug-likeness (QED) is 0.207. The van der Waals surface area contributed by atoms with Gasteiger partial charge in [-0.25, -0.2) is 9.97 Å². The molecule has 0 N–H and O–H groups in total. The number of hydrogen-bond donors (Lipinski definition) is 0. The van der Waals surface area contributed by atoms with Crippen LogP contribution in [-0.2, 0) is 0 Å². The first-order valence-electron chi connectivity index (χ1n) is 14.4. The summed E-state index contributed by atoms with van der Waals surface area (Å²) in [5, 5.41) is 2.31. The number of benzene rings is 6. The normalized spacial score (nSPS) is 11.3. The molecule has 0 atom stereocenters. The van der Waals surface area contributed by atoms with Gasteiger partial charge in [0.25, 0.3) is 0 Å². The average molecular weight is 567 g/mol. The number of aromatic nitrogens is 2. The van der Waals surface area contributed by atoms with Crippen LogP contribution in [0.1, 0.15) is 0 Å². The molecular formula is C40H26N2S. The lowest BCUT2D eigenvalue weighted by Crippen LogP contribution is -1.94. The number of nitrogens with zero attached hydrogens (tertiary/aromatic N) is 2. The van der Waals surface area contributed by atoms with Gasteiger partial charge < -0.3 is 0 Å². The average Bonchev–Trinajstić information content (AvgIpc) is 3.48. The molecule has 2 aromatic heterocycles. The van der Waals surface area contributed by atoms with Crippen molar-refractivity contribution in [3.63, 3.8) is 0 Å². The summed E-state index contributed by atoms with van der Waals surface area (Å²) >= 11 is 1.73. The molecule has 0 amide bonds.